The van der Waals surface area contributed by atoms with Gasteiger partial charge in [0.05, 0.1) is 12.7 Å². The summed E-state index contributed by atoms with van der Waals surface area (Å²) in [5.41, 5.74) is 3.39. The lowest BCUT2D eigenvalue weighted by Crippen LogP contribution is -2.11. The molecule has 0 bridgehead atoms. The Bertz CT molecular complexity index is 637. The highest BCUT2D eigenvalue weighted by molar-refractivity contribution is 7.99. The molecule has 1 N–H and O–H groups in total. The number of aliphatic hydroxyl groups excluding tert-OH is 1. The third-order valence-electron chi connectivity index (χ3n) is 3.86. The van der Waals surface area contributed by atoms with Gasteiger partial charge in [0.15, 0.2) is 0 Å². The summed E-state index contributed by atoms with van der Waals surface area (Å²) in [4.78, 5) is 1.37. The lowest BCUT2D eigenvalue weighted by molar-refractivity contribution is 0.190. The van der Waals surface area contributed by atoms with Crippen LogP contribution < -0.4 is 4.74 Å². The van der Waals surface area contributed by atoms with Crippen LogP contribution in [0.25, 0.3) is 0 Å². The number of hydrogen-bond donors (Lipinski definition) is 1. The van der Waals surface area contributed by atoms with Gasteiger partial charge < -0.3 is 9.84 Å². The van der Waals surface area contributed by atoms with Gasteiger partial charge in [-0.15, -0.1) is 11.8 Å². The Balaban J connectivity index is 1.76. The van der Waals surface area contributed by atoms with E-state index in [1.54, 1.807) is 6.92 Å². The number of aliphatic hydroxyl groups is 1. The van der Waals surface area contributed by atoms with Crippen LogP contribution in [0, 0.1) is 6.92 Å². The number of aryl methyl sites for hydroxylation is 1. The second kappa shape index (κ2) is 6.12. The van der Waals surface area contributed by atoms with Crippen LogP contribution in [0.4, 0.5) is 0 Å². The van der Waals surface area contributed by atoms with Crippen LogP contribution in [0.15, 0.2) is 47.4 Å². The van der Waals surface area contributed by atoms with Gasteiger partial charge in [0.2, 0.25) is 0 Å². The summed E-state index contributed by atoms with van der Waals surface area (Å²) >= 11 is 1.90. The molecule has 0 fully saturated rings. The van der Waals surface area contributed by atoms with Crippen molar-refractivity contribution in [1.82, 2.24) is 0 Å². The zero-order valence-electron chi connectivity index (χ0n) is 12.4. The smallest absolute Gasteiger partial charge is 0.125 e. The lowest BCUT2D eigenvalue weighted by atomic mass is 10.0. The summed E-state index contributed by atoms with van der Waals surface area (Å²) in [6.07, 6.45) is -0.508. The van der Waals surface area contributed by atoms with Crippen molar-refractivity contribution in [3.05, 3.63) is 59.2 Å². The molecule has 0 aliphatic carbocycles. The molecule has 2 atom stereocenters. The van der Waals surface area contributed by atoms with E-state index in [0.717, 1.165) is 22.6 Å². The molecule has 3 rings (SSSR count). The van der Waals surface area contributed by atoms with Crippen molar-refractivity contribution >= 4 is 11.8 Å². The number of fused-ring (bicyclic) bond motifs is 1. The number of ether oxygens (including phenoxy) is 1. The fourth-order valence-electron chi connectivity index (χ4n) is 2.67. The van der Waals surface area contributed by atoms with Gasteiger partial charge in [0.25, 0.3) is 0 Å². The van der Waals surface area contributed by atoms with E-state index < -0.39 is 6.10 Å². The van der Waals surface area contributed by atoms with E-state index in [1.165, 1.54) is 10.5 Å². The molecule has 2 nitrogen and oxygen atoms in total. The molecule has 3 heteroatoms. The Morgan fingerprint density at radius 2 is 2.10 bits per heavy atom. The molecule has 0 radical (unpaired) electrons. The average Bonchev–Trinajstić information content (AvgIpc) is 2.88. The zero-order chi connectivity index (χ0) is 14.8. The minimum Gasteiger partial charge on any atom is -0.493 e. The van der Waals surface area contributed by atoms with Crippen LogP contribution in [-0.4, -0.2) is 17.5 Å². The highest BCUT2D eigenvalue weighted by atomic mass is 32.2. The lowest BCUT2D eigenvalue weighted by Gasteiger charge is -2.17. The molecule has 0 aromatic heterocycles. The number of rotatable bonds is 4. The number of thioether (sulfide) groups is 1. The maximum absolute atomic E-state index is 9.86. The Morgan fingerprint density at radius 1 is 1.29 bits per heavy atom. The highest BCUT2D eigenvalue weighted by Gasteiger charge is 2.23. The van der Waals surface area contributed by atoms with Gasteiger partial charge >= 0.3 is 0 Å². The fourth-order valence-corrected chi connectivity index (χ4v) is 3.90. The molecule has 2 aromatic rings. The molecule has 2 unspecified atom stereocenters. The number of hydrogen-bond acceptors (Lipinski definition) is 3. The van der Waals surface area contributed by atoms with Crippen molar-refractivity contribution < 1.29 is 9.84 Å². The molecular weight excluding hydrogens is 280 g/mol. The van der Waals surface area contributed by atoms with E-state index in [-0.39, 0.29) is 0 Å². The SMILES string of the molecule is Cc1ccc(C(C)O)c(OCC2CSc3ccccc32)c1. The molecule has 110 valence electrons. The summed E-state index contributed by atoms with van der Waals surface area (Å²) in [5.74, 6) is 2.29. The van der Waals surface area contributed by atoms with Gasteiger partial charge in [-0.3, -0.25) is 0 Å². The molecule has 2 aromatic carbocycles. The first kappa shape index (κ1) is 14.5. The summed E-state index contributed by atoms with van der Waals surface area (Å²) in [5, 5.41) is 9.86. The molecule has 1 aliphatic rings. The fraction of sp³-hybridized carbons (Fsp3) is 0.333. The maximum atomic E-state index is 9.86. The van der Waals surface area contributed by atoms with Gasteiger partial charge in [-0.05, 0) is 37.1 Å². The Hall–Kier alpha value is -1.45. The summed E-state index contributed by atoms with van der Waals surface area (Å²) in [6, 6.07) is 14.5. The Morgan fingerprint density at radius 3 is 2.90 bits per heavy atom. The predicted molar refractivity (Wildman–Crippen MR) is 87.2 cm³/mol. The van der Waals surface area contributed by atoms with Gasteiger partial charge in [-0.25, -0.2) is 0 Å². The van der Waals surface area contributed by atoms with Gasteiger partial charge in [-0.1, -0.05) is 30.3 Å². The second-order valence-corrected chi connectivity index (χ2v) is 6.64. The van der Waals surface area contributed by atoms with Crippen LogP contribution in [-0.2, 0) is 0 Å². The van der Waals surface area contributed by atoms with E-state index in [0.29, 0.717) is 12.5 Å². The topological polar surface area (TPSA) is 29.5 Å². The first-order chi connectivity index (χ1) is 10.1. The zero-order valence-corrected chi connectivity index (χ0v) is 13.2. The van der Waals surface area contributed by atoms with Crippen molar-refractivity contribution in [1.29, 1.82) is 0 Å². The van der Waals surface area contributed by atoms with Crippen molar-refractivity contribution in [3.63, 3.8) is 0 Å². The minimum atomic E-state index is -0.508. The van der Waals surface area contributed by atoms with E-state index in [2.05, 4.69) is 24.3 Å². The summed E-state index contributed by atoms with van der Waals surface area (Å²) < 4.78 is 6.05. The monoisotopic (exact) mass is 300 g/mol. The standard InChI is InChI=1S/C18H20O2S/c1-12-7-8-15(13(2)19)17(9-12)20-10-14-11-21-18-6-4-3-5-16(14)18/h3-9,13-14,19H,10-11H2,1-2H3. The molecule has 1 aliphatic heterocycles. The van der Waals surface area contributed by atoms with Gasteiger partial charge in [0.1, 0.15) is 5.75 Å². The third kappa shape index (κ3) is 3.09. The van der Waals surface area contributed by atoms with Crippen LogP contribution in [0.2, 0.25) is 0 Å². The van der Waals surface area contributed by atoms with Gasteiger partial charge in [0, 0.05) is 22.1 Å². The molecular formula is C18H20O2S. The molecule has 0 saturated carbocycles. The quantitative estimate of drug-likeness (QED) is 0.912. The molecule has 1 heterocycles. The van der Waals surface area contributed by atoms with E-state index in [9.17, 15) is 5.11 Å². The van der Waals surface area contributed by atoms with Crippen molar-refractivity contribution in [3.8, 4) is 5.75 Å². The van der Waals surface area contributed by atoms with Crippen LogP contribution >= 0.6 is 11.8 Å². The Kier molecular flexibility index (Phi) is 4.22. The van der Waals surface area contributed by atoms with Crippen LogP contribution in [0.1, 0.15) is 35.6 Å². The molecule has 0 saturated heterocycles. The summed E-state index contributed by atoms with van der Waals surface area (Å²) in [7, 11) is 0. The largest absolute Gasteiger partial charge is 0.493 e. The van der Waals surface area contributed by atoms with Gasteiger partial charge in [-0.2, -0.15) is 0 Å². The molecule has 0 spiro atoms. The van der Waals surface area contributed by atoms with Crippen molar-refractivity contribution in [2.45, 2.75) is 30.8 Å². The van der Waals surface area contributed by atoms with E-state index in [1.807, 2.05) is 36.9 Å². The van der Waals surface area contributed by atoms with Crippen LogP contribution in [0.3, 0.4) is 0 Å². The van der Waals surface area contributed by atoms with Crippen molar-refractivity contribution in [2.24, 2.45) is 0 Å². The van der Waals surface area contributed by atoms with Crippen LogP contribution in [0.5, 0.6) is 5.75 Å². The normalized spacial score (nSPS) is 18.3. The van der Waals surface area contributed by atoms with Crippen molar-refractivity contribution in [2.75, 3.05) is 12.4 Å². The molecule has 21 heavy (non-hydrogen) atoms. The van der Waals surface area contributed by atoms with E-state index in [4.69, 9.17) is 4.74 Å². The second-order valence-electron chi connectivity index (χ2n) is 5.57. The minimum absolute atomic E-state index is 0.425. The first-order valence-corrected chi connectivity index (χ1v) is 8.27. The average molecular weight is 300 g/mol. The predicted octanol–water partition coefficient (Wildman–Crippen LogP) is 4.32. The first-order valence-electron chi connectivity index (χ1n) is 7.28. The Labute approximate surface area is 130 Å². The molecule has 0 amide bonds. The third-order valence-corrected chi connectivity index (χ3v) is 5.11. The van der Waals surface area contributed by atoms with E-state index >= 15 is 0 Å². The summed E-state index contributed by atoms with van der Waals surface area (Å²) in [6.45, 7) is 4.48. The highest BCUT2D eigenvalue weighted by Crippen LogP contribution is 2.39. The maximum Gasteiger partial charge on any atom is 0.125 e. The number of benzene rings is 2.